The van der Waals surface area contributed by atoms with Gasteiger partial charge < -0.3 is 5.32 Å². The highest BCUT2D eigenvalue weighted by Crippen LogP contribution is 2.34. The van der Waals surface area contributed by atoms with Crippen LogP contribution in [-0.2, 0) is 4.79 Å². The number of aromatic nitrogens is 1. The fraction of sp³-hybridized carbons (Fsp3) is 0.333. The van der Waals surface area contributed by atoms with Crippen molar-refractivity contribution in [1.29, 1.82) is 0 Å². The lowest BCUT2D eigenvalue weighted by molar-refractivity contribution is -0.125. The van der Waals surface area contributed by atoms with Crippen molar-refractivity contribution >= 4 is 22.5 Å². The summed E-state index contributed by atoms with van der Waals surface area (Å²) in [7, 11) is 0. The predicted molar refractivity (Wildman–Crippen MR) is 113 cm³/mol. The molecule has 0 aliphatic heterocycles. The average Bonchev–Trinajstić information content (AvgIpc) is 2.73. The molecule has 1 amide bonds. The molecule has 1 N–H and O–H groups in total. The van der Waals surface area contributed by atoms with E-state index in [0.717, 1.165) is 29.4 Å². The van der Waals surface area contributed by atoms with Crippen LogP contribution in [-0.4, -0.2) is 10.9 Å². The van der Waals surface area contributed by atoms with Crippen molar-refractivity contribution in [3.8, 4) is 0 Å². The Morgan fingerprint density at radius 3 is 2.41 bits per heavy atom. The third-order valence-electron chi connectivity index (χ3n) is 5.93. The molecule has 3 rings (SSSR count). The van der Waals surface area contributed by atoms with E-state index in [1.165, 1.54) is 11.1 Å². The van der Waals surface area contributed by atoms with Crippen molar-refractivity contribution < 1.29 is 4.79 Å². The SMILES string of the molecule is CCC(C)(CC)C(=O)Nc1ccc(C(C)c2ccccc2)c2cccnc12. The minimum absolute atomic E-state index is 0.0586. The predicted octanol–water partition coefficient (Wildman–Crippen LogP) is 6.15. The fourth-order valence-corrected chi connectivity index (χ4v) is 3.44. The Balaban J connectivity index is 2.02. The summed E-state index contributed by atoms with van der Waals surface area (Å²) < 4.78 is 0. The quantitative estimate of drug-likeness (QED) is 0.573. The second-order valence-corrected chi connectivity index (χ2v) is 7.46. The molecule has 1 atom stereocenters. The number of anilines is 1. The Morgan fingerprint density at radius 1 is 1.04 bits per heavy atom. The summed E-state index contributed by atoms with van der Waals surface area (Å²) in [6.45, 7) is 8.35. The summed E-state index contributed by atoms with van der Waals surface area (Å²) in [5.74, 6) is 0.308. The molecular weight excluding hydrogens is 332 g/mol. The van der Waals surface area contributed by atoms with Crippen LogP contribution in [0.1, 0.15) is 57.6 Å². The maximum Gasteiger partial charge on any atom is 0.230 e. The average molecular weight is 361 g/mol. The van der Waals surface area contributed by atoms with Crippen LogP contribution in [0.5, 0.6) is 0 Å². The number of carbonyl (C=O) groups is 1. The van der Waals surface area contributed by atoms with Gasteiger partial charge in [-0.15, -0.1) is 0 Å². The maximum atomic E-state index is 12.8. The molecular formula is C24H28N2O. The third-order valence-corrected chi connectivity index (χ3v) is 5.93. The zero-order valence-corrected chi connectivity index (χ0v) is 16.6. The zero-order chi connectivity index (χ0) is 19.4. The topological polar surface area (TPSA) is 42.0 Å². The molecule has 3 nitrogen and oxygen atoms in total. The molecule has 0 saturated carbocycles. The molecule has 0 aliphatic rings. The number of rotatable bonds is 6. The second-order valence-electron chi connectivity index (χ2n) is 7.46. The van der Waals surface area contributed by atoms with Gasteiger partial charge in [-0.05, 0) is 36.1 Å². The standard InChI is InChI=1S/C24H28N2O/c1-5-24(4,6-2)23(27)26-21-15-14-19(20-13-10-16-25-22(20)21)17(3)18-11-8-7-9-12-18/h7-17H,5-6H2,1-4H3,(H,26,27). The van der Waals surface area contributed by atoms with Crippen LogP contribution >= 0.6 is 0 Å². The normalized spacial score (nSPS) is 12.7. The summed E-state index contributed by atoms with van der Waals surface area (Å²) in [4.78, 5) is 17.4. The van der Waals surface area contributed by atoms with Gasteiger partial charge in [0.25, 0.3) is 0 Å². The van der Waals surface area contributed by atoms with Gasteiger partial charge in [0.15, 0.2) is 0 Å². The van der Waals surface area contributed by atoms with Crippen molar-refractivity contribution in [2.75, 3.05) is 5.32 Å². The van der Waals surface area contributed by atoms with E-state index in [4.69, 9.17) is 0 Å². The van der Waals surface area contributed by atoms with Crippen LogP contribution in [0.4, 0.5) is 5.69 Å². The second kappa shape index (κ2) is 7.91. The van der Waals surface area contributed by atoms with E-state index >= 15 is 0 Å². The first-order valence-electron chi connectivity index (χ1n) is 9.74. The molecule has 140 valence electrons. The molecule has 27 heavy (non-hydrogen) atoms. The van der Waals surface area contributed by atoms with Crippen molar-refractivity contribution in [3.05, 3.63) is 71.9 Å². The third kappa shape index (κ3) is 3.73. The van der Waals surface area contributed by atoms with Crippen LogP contribution in [0.2, 0.25) is 0 Å². The van der Waals surface area contributed by atoms with E-state index in [9.17, 15) is 4.79 Å². The highest BCUT2D eigenvalue weighted by molar-refractivity contribution is 6.03. The number of amides is 1. The summed E-state index contributed by atoms with van der Waals surface area (Å²) in [6.07, 6.45) is 3.40. The van der Waals surface area contributed by atoms with Gasteiger partial charge in [0.1, 0.15) is 0 Å². The number of hydrogen-bond donors (Lipinski definition) is 1. The Morgan fingerprint density at radius 2 is 1.74 bits per heavy atom. The minimum atomic E-state index is -0.364. The first-order chi connectivity index (χ1) is 13.0. The van der Waals surface area contributed by atoms with E-state index in [-0.39, 0.29) is 17.2 Å². The number of nitrogens with one attached hydrogen (secondary N) is 1. The van der Waals surface area contributed by atoms with Gasteiger partial charge in [-0.2, -0.15) is 0 Å². The van der Waals surface area contributed by atoms with Gasteiger partial charge in [-0.1, -0.05) is 70.2 Å². The first-order valence-corrected chi connectivity index (χ1v) is 9.74. The van der Waals surface area contributed by atoms with Gasteiger partial charge in [-0.25, -0.2) is 0 Å². The highest BCUT2D eigenvalue weighted by atomic mass is 16.2. The molecule has 0 saturated heterocycles. The van der Waals surface area contributed by atoms with Gasteiger partial charge in [0.2, 0.25) is 5.91 Å². The Kier molecular flexibility index (Phi) is 5.59. The highest BCUT2D eigenvalue weighted by Gasteiger charge is 2.29. The van der Waals surface area contributed by atoms with Crippen LogP contribution in [0, 0.1) is 5.41 Å². The summed E-state index contributed by atoms with van der Waals surface area (Å²) in [5.41, 5.74) is 3.75. The lowest BCUT2D eigenvalue weighted by Crippen LogP contribution is -2.32. The number of hydrogen-bond acceptors (Lipinski definition) is 2. The summed E-state index contributed by atoms with van der Waals surface area (Å²) >= 11 is 0. The molecule has 0 aliphatic carbocycles. The molecule has 1 aromatic heterocycles. The molecule has 1 unspecified atom stereocenters. The lowest BCUT2D eigenvalue weighted by Gasteiger charge is -2.26. The Labute approximate surface area is 161 Å². The molecule has 0 fully saturated rings. The first kappa shape index (κ1) is 19.1. The van der Waals surface area contributed by atoms with Crippen LogP contribution in [0.15, 0.2) is 60.8 Å². The van der Waals surface area contributed by atoms with Gasteiger partial charge >= 0.3 is 0 Å². The molecule has 0 radical (unpaired) electrons. The largest absolute Gasteiger partial charge is 0.324 e. The van der Waals surface area contributed by atoms with Crippen LogP contribution in [0.3, 0.4) is 0 Å². The van der Waals surface area contributed by atoms with Gasteiger partial charge in [-0.3, -0.25) is 9.78 Å². The molecule has 2 aromatic carbocycles. The van der Waals surface area contributed by atoms with Crippen molar-refractivity contribution in [3.63, 3.8) is 0 Å². The Bertz CT molecular complexity index is 930. The van der Waals surface area contributed by atoms with E-state index in [2.05, 4.69) is 67.5 Å². The van der Waals surface area contributed by atoms with Crippen molar-refractivity contribution in [2.24, 2.45) is 5.41 Å². The number of pyridine rings is 1. The number of carbonyl (C=O) groups excluding carboxylic acids is 1. The molecule has 1 heterocycles. The molecule has 0 bridgehead atoms. The summed E-state index contributed by atoms with van der Waals surface area (Å²) in [6, 6.07) is 18.6. The monoisotopic (exact) mass is 360 g/mol. The fourth-order valence-electron chi connectivity index (χ4n) is 3.44. The van der Waals surface area contributed by atoms with Gasteiger partial charge in [0.05, 0.1) is 11.2 Å². The number of nitrogens with zero attached hydrogens (tertiary/aromatic N) is 1. The molecule has 3 heteroatoms. The van der Waals surface area contributed by atoms with Gasteiger partial charge in [0, 0.05) is 22.9 Å². The maximum absolute atomic E-state index is 12.8. The van der Waals surface area contributed by atoms with Crippen molar-refractivity contribution in [2.45, 2.75) is 46.5 Å². The number of fused-ring (bicyclic) bond motifs is 1. The van der Waals surface area contributed by atoms with E-state index in [0.29, 0.717) is 0 Å². The van der Waals surface area contributed by atoms with Crippen molar-refractivity contribution in [1.82, 2.24) is 4.98 Å². The van der Waals surface area contributed by atoms with E-state index in [1.807, 2.05) is 25.1 Å². The molecule has 0 spiro atoms. The van der Waals surface area contributed by atoms with E-state index in [1.54, 1.807) is 6.20 Å². The minimum Gasteiger partial charge on any atom is -0.324 e. The van der Waals surface area contributed by atoms with E-state index < -0.39 is 0 Å². The zero-order valence-electron chi connectivity index (χ0n) is 16.6. The smallest absolute Gasteiger partial charge is 0.230 e. The van der Waals surface area contributed by atoms with Crippen LogP contribution < -0.4 is 5.32 Å². The summed E-state index contributed by atoms with van der Waals surface area (Å²) in [5, 5.41) is 4.22. The Hall–Kier alpha value is -2.68. The number of benzene rings is 2. The van der Waals surface area contributed by atoms with Crippen LogP contribution in [0.25, 0.3) is 10.9 Å². The lowest BCUT2D eigenvalue weighted by atomic mass is 9.83. The molecule has 3 aromatic rings.